The topological polar surface area (TPSA) is 66.5 Å². The summed E-state index contributed by atoms with van der Waals surface area (Å²) in [5.74, 6) is -0.335. The monoisotopic (exact) mass is 338 g/mol. The van der Waals surface area contributed by atoms with Gasteiger partial charge in [0.15, 0.2) is 0 Å². The highest BCUT2D eigenvalue weighted by atomic mass is 32.2. The minimum Gasteiger partial charge on any atom is -0.349 e. The third-order valence-corrected chi connectivity index (χ3v) is 5.75. The molecule has 2 atom stereocenters. The molecule has 0 radical (unpaired) electrons. The zero-order chi connectivity index (χ0) is 17.2. The van der Waals surface area contributed by atoms with Gasteiger partial charge in [-0.25, -0.2) is 12.7 Å². The Morgan fingerprint density at radius 2 is 2.04 bits per heavy atom. The molecule has 1 saturated heterocycles. The molecule has 1 aliphatic heterocycles. The maximum absolute atomic E-state index is 12.5. The van der Waals surface area contributed by atoms with Crippen molar-refractivity contribution in [2.75, 3.05) is 19.3 Å². The van der Waals surface area contributed by atoms with Gasteiger partial charge in [-0.05, 0) is 44.7 Å². The summed E-state index contributed by atoms with van der Waals surface area (Å²) in [5, 5.41) is 3.05. The Balaban J connectivity index is 2.05. The van der Waals surface area contributed by atoms with E-state index in [-0.39, 0.29) is 24.4 Å². The van der Waals surface area contributed by atoms with Crippen molar-refractivity contribution in [2.24, 2.45) is 5.92 Å². The van der Waals surface area contributed by atoms with E-state index in [2.05, 4.69) is 23.5 Å². The highest BCUT2D eigenvalue weighted by molar-refractivity contribution is 7.88. The second-order valence-corrected chi connectivity index (χ2v) is 8.53. The molecule has 0 bridgehead atoms. The highest BCUT2D eigenvalue weighted by Gasteiger charge is 2.30. The number of piperidine rings is 1. The molecule has 0 saturated carbocycles. The van der Waals surface area contributed by atoms with Gasteiger partial charge < -0.3 is 5.32 Å². The number of nitrogens with one attached hydrogen (secondary N) is 1. The molecule has 1 fully saturated rings. The van der Waals surface area contributed by atoms with Crippen molar-refractivity contribution >= 4 is 15.9 Å². The fourth-order valence-electron chi connectivity index (χ4n) is 3.09. The van der Waals surface area contributed by atoms with E-state index in [0.717, 1.165) is 29.5 Å². The van der Waals surface area contributed by atoms with Gasteiger partial charge in [0.1, 0.15) is 0 Å². The average Bonchev–Trinajstić information content (AvgIpc) is 2.48. The van der Waals surface area contributed by atoms with Gasteiger partial charge in [-0.3, -0.25) is 4.79 Å². The summed E-state index contributed by atoms with van der Waals surface area (Å²) in [6.45, 7) is 6.82. The quantitative estimate of drug-likeness (QED) is 0.915. The number of rotatable bonds is 4. The molecule has 1 heterocycles. The fourth-order valence-corrected chi connectivity index (χ4v) is 4.00. The number of benzene rings is 1. The molecule has 0 unspecified atom stereocenters. The molecule has 1 aliphatic rings. The Bertz CT molecular complexity index is 685. The van der Waals surface area contributed by atoms with E-state index in [9.17, 15) is 13.2 Å². The van der Waals surface area contributed by atoms with Gasteiger partial charge in [-0.1, -0.05) is 23.8 Å². The predicted octanol–water partition coefficient (Wildman–Crippen LogP) is 2.15. The summed E-state index contributed by atoms with van der Waals surface area (Å²) in [7, 11) is -3.23. The largest absolute Gasteiger partial charge is 0.349 e. The third-order valence-electron chi connectivity index (χ3n) is 4.48. The lowest BCUT2D eigenvalue weighted by Gasteiger charge is -2.31. The third kappa shape index (κ3) is 4.54. The van der Waals surface area contributed by atoms with E-state index in [4.69, 9.17) is 0 Å². The smallest absolute Gasteiger partial charge is 0.224 e. The molecule has 6 heteroatoms. The molecule has 1 aromatic rings. The van der Waals surface area contributed by atoms with Crippen molar-refractivity contribution < 1.29 is 13.2 Å². The summed E-state index contributed by atoms with van der Waals surface area (Å²) in [4.78, 5) is 12.5. The van der Waals surface area contributed by atoms with E-state index in [1.807, 2.05) is 20.8 Å². The van der Waals surface area contributed by atoms with Crippen LogP contribution >= 0.6 is 0 Å². The normalized spacial score (nSPS) is 21.0. The minimum absolute atomic E-state index is 0.0632. The first-order valence-electron chi connectivity index (χ1n) is 8.01. The van der Waals surface area contributed by atoms with Crippen molar-refractivity contribution in [1.82, 2.24) is 9.62 Å². The Labute approximate surface area is 139 Å². The summed E-state index contributed by atoms with van der Waals surface area (Å²) in [6.07, 6.45) is 2.66. The number of amides is 1. The Kier molecular flexibility index (Phi) is 5.47. The lowest BCUT2D eigenvalue weighted by Crippen LogP contribution is -2.45. The SMILES string of the molecule is Cc1ccc(C)c([C@@H](C)NC(=O)[C@H]2CCCN(S(C)(=O)=O)C2)c1. The Morgan fingerprint density at radius 1 is 1.35 bits per heavy atom. The van der Waals surface area contributed by atoms with Gasteiger partial charge in [0.05, 0.1) is 18.2 Å². The number of nitrogens with zero attached hydrogens (tertiary/aromatic N) is 1. The standard InChI is InChI=1S/C17H26N2O3S/c1-12-7-8-13(2)16(10-12)14(3)18-17(20)15-6-5-9-19(11-15)23(4,21)22/h7-8,10,14-15H,5-6,9,11H2,1-4H3,(H,18,20)/t14-,15+/m1/s1. The second-order valence-electron chi connectivity index (χ2n) is 6.55. The lowest BCUT2D eigenvalue weighted by atomic mass is 9.96. The van der Waals surface area contributed by atoms with Crippen LogP contribution in [-0.2, 0) is 14.8 Å². The molecular formula is C17H26N2O3S. The maximum Gasteiger partial charge on any atom is 0.224 e. The molecular weight excluding hydrogens is 312 g/mol. The van der Waals surface area contributed by atoms with Crippen LogP contribution in [0.3, 0.4) is 0 Å². The number of sulfonamides is 1. The van der Waals surface area contributed by atoms with Crippen LogP contribution in [0, 0.1) is 19.8 Å². The van der Waals surface area contributed by atoms with E-state index < -0.39 is 10.0 Å². The van der Waals surface area contributed by atoms with E-state index in [1.54, 1.807) is 0 Å². The fraction of sp³-hybridized carbons (Fsp3) is 0.588. The van der Waals surface area contributed by atoms with Crippen molar-refractivity contribution in [3.63, 3.8) is 0 Å². The predicted molar refractivity (Wildman–Crippen MR) is 91.6 cm³/mol. The molecule has 5 nitrogen and oxygen atoms in total. The van der Waals surface area contributed by atoms with Gasteiger partial charge in [0, 0.05) is 13.1 Å². The number of aryl methyl sites for hydroxylation is 2. The van der Waals surface area contributed by atoms with Gasteiger partial charge >= 0.3 is 0 Å². The van der Waals surface area contributed by atoms with E-state index in [1.165, 1.54) is 10.6 Å². The van der Waals surface area contributed by atoms with Crippen molar-refractivity contribution in [1.29, 1.82) is 0 Å². The van der Waals surface area contributed by atoms with Crippen molar-refractivity contribution in [3.8, 4) is 0 Å². The molecule has 0 spiro atoms. The van der Waals surface area contributed by atoms with Gasteiger partial charge in [0.25, 0.3) is 0 Å². The van der Waals surface area contributed by atoms with Crippen LogP contribution in [0.25, 0.3) is 0 Å². The molecule has 1 aromatic carbocycles. The molecule has 2 rings (SSSR count). The van der Waals surface area contributed by atoms with Crippen molar-refractivity contribution in [3.05, 3.63) is 34.9 Å². The molecule has 23 heavy (non-hydrogen) atoms. The van der Waals surface area contributed by atoms with E-state index >= 15 is 0 Å². The van der Waals surface area contributed by atoms with Crippen LogP contribution in [-0.4, -0.2) is 38.0 Å². The lowest BCUT2D eigenvalue weighted by molar-refractivity contribution is -0.126. The Hall–Kier alpha value is -1.40. The van der Waals surface area contributed by atoms with E-state index in [0.29, 0.717) is 6.54 Å². The number of carbonyl (C=O) groups excluding carboxylic acids is 1. The van der Waals surface area contributed by atoms with Crippen molar-refractivity contribution in [2.45, 2.75) is 39.7 Å². The zero-order valence-electron chi connectivity index (χ0n) is 14.3. The summed E-state index contributed by atoms with van der Waals surface area (Å²) < 4.78 is 24.8. The number of hydrogen-bond donors (Lipinski definition) is 1. The zero-order valence-corrected chi connectivity index (χ0v) is 15.1. The van der Waals surface area contributed by atoms with Gasteiger partial charge in [0.2, 0.25) is 15.9 Å². The molecule has 1 N–H and O–H groups in total. The molecule has 0 aliphatic carbocycles. The molecule has 1 amide bonds. The summed E-state index contributed by atoms with van der Waals surface area (Å²) in [6, 6.07) is 6.11. The first-order chi connectivity index (χ1) is 10.7. The highest BCUT2D eigenvalue weighted by Crippen LogP contribution is 2.22. The molecule has 0 aromatic heterocycles. The number of hydrogen-bond acceptors (Lipinski definition) is 3. The van der Waals surface area contributed by atoms with Crippen LogP contribution in [0.1, 0.15) is 42.5 Å². The average molecular weight is 338 g/mol. The molecule has 128 valence electrons. The Morgan fingerprint density at radius 3 is 2.70 bits per heavy atom. The van der Waals surface area contributed by atoms with Crippen LogP contribution in [0.15, 0.2) is 18.2 Å². The second kappa shape index (κ2) is 7.01. The minimum atomic E-state index is -3.23. The number of carbonyl (C=O) groups is 1. The summed E-state index contributed by atoms with van der Waals surface area (Å²) >= 11 is 0. The first-order valence-corrected chi connectivity index (χ1v) is 9.86. The van der Waals surface area contributed by atoms with Gasteiger partial charge in [-0.15, -0.1) is 0 Å². The maximum atomic E-state index is 12.5. The van der Waals surface area contributed by atoms with Crippen LogP contribution in [0.2, 0.25) is 0 Å². The van der Waals surface area contributed by atoms with Crippen LogP contribution < -0.4 is 5.32 Å². The van der Waals surface area contributed by atoms with Crippen LogP contribution in [0.4, 0.5) is 0 Å². The summed E-state index contributed by atoms with van der Waals surface area (Å²) in [5.41, 5.74) is 3.41. The first kappa shape index (κ1) is 17.9. The van der Waals surface area contributed by atoms with Crippen LogP contribution in [0.5, 0.6) is 0 Å². The van der Waals surface area contributed by atoms with Gasteiger partial charge in [-0.2, -0.15) is 0 Å².